The van der Waals surface area contributed by atoms with E-state index in [1.807, 2.05) is 6.92 Å². The summed E-state index contributed by atoms with van der Waals surface area (Å²) in [6.07, 6.45) is 0.333. The van der Waals surface area contributed by atoms with E-state index in [1.54, 1.807) is 0 Å². The predicted molar refractivity (Wildman–Crippen MR) is 14.3 cm³/mol. The first-order valence-electron chi connectivity index (χ1n) is 1.29. The van der Waals surface area contributed by atoms with Crippen LogP contribution in [0.5, 0.6) is 0 Å². The Morgan fingerprint density at radius 3 is 1.75 bits per heavy atom. The Labute approximate surface area is 24.5 Å². The highest BCUT2D eigenvalue weighted by Gasteiger charge is 2.02. The number of hydrogen-bond acceptors (Lipinski definition) is 2. The van der Waals surface area contributed by atoms with Crippen LogP contribution in [0.25, 0.3) is 0 Å². The first-order chi connectivity index (χ1) is 1.89. The van der Waals surface area contributed by atoms with Crippen LogP contribution in [0.4, 0.5) is 0 Å². The Hall–Kier alpha value is -0.400. The summed E-state index contributed by atoms with van der Waals surface area (Å²) in [7, 11) is 0. The molecule has 0 N–H and O–H groups in total. The number of rotatable bonds is 0. The topological polar surface area (TPSA) is 24.7 Å². The molecule has 0 saturated heterocycles. The van der Waals surface area contributed by atoms with E-state index in [2.05, 4.69) is 10.2 Å². The summed E-state index contributed by atoms with van der Waals surface area (Å²) in [4.78, 5) is 0. The van der Waals surface area contributed by atoms with Crippen molar-refractivity contribution in [2.75, 3.05) is 0 Å². The molecule has 1 rings (SSSR count). The normalized spacial score (nSPS) is 22.2. The minimum atomic E-state index is 0.333. The summed E-state index contributed by atoms with van der Waals surface area (Å²) in [6, 6.07) is 0. The number of nitrogens with zero attached hydrogens (tertiary/aromatic N) is 2. The third-order valence-electron chi connectivity index (χ3n) is 0.346. The maximum atomic E-state index is 3.53. The van der Waals surface area contributed by atoms with E-state index in [1.165, 1.54) is 0 Å². The van der Waals surface area contributed by atoms with Gasteiger partial charge in [0.1, 0.15) is 0 Å². The van der Waals surface area contributed by atoms with E-state index in [9.17, 15) is 0 Å². The molecular weight excluding hydrogens is 52.0 g/mol. The fourth-order valence-corrected chi connectivity index (χ4v) is 0.0667. The molecule has 2 heteroatoms. The minimum Gasteiger partial charge on any atom is -0.163 e. The van der Waals surface area contributed by atoms with Gasteiger partial charge in [-0.1, -0.05) is 0 Å². The van der Waals surface area contributed by atoms with Crippen LogP contribution < -0.4 is 0 Å². The van der Waals surface area contributed by atoms with E-state index in [-0.39, 0.29) is 0 Å². The summed E-state index contributed by atoms with van der Waals surface area (Å²) in [5.74, 6) is 0. The van der Waals surface area contributed by atoms with Crippen molar-refractivity contribution in [3.8, 4) is 0 Å². The first kappa shape index (κ1) is 1.88. The maximum Gasteiger partial charge on any atom is 0.178 e. The lowest BCUT2D eigenvalue weighted by molar-refractivity contribution is 1.07. The quantitative estimate of drug-likeness (QED) is 0.392. The van der Waals surface area contributed by atoms with Crippen LogP contribution in [0.3, 0.4) is 0 Å². The van der Waals surface area contributed by atoms with Crippen molar-refractivity contribution in [1.29, 1.82) is 0 Å². The van der Waals surface area contributed by atoms with Gasteiger partial charge in [-0.05, 0) is 6.92 Å². The average molecular weight is 56.1 g/mol. The van der Waals surface area contributed by atoms with Crippen molar-refractivity contribution in [1.82, 2.24) is 0 Å². The van der Waals surface area contributed by atoms with Crippen LogP contribution in [0.1, 0.15) is 6.92 Å². The van der Waals surface area contributed by atoms with Gasteiger partial charge < -0.3 is 0 Å². The van der Waals surface area contributed by atoms with Crippen LogP contribution >= 0.6 is 0 Å². The summed E-state index contributed by atoms with van der Waals surface area (Å²) >= 11 is 0. The monoisotopic (exact) mass is 56.0 g/mol. The molecule has 0 bridgehead atoms. The van der Waals surface area contributed by atoms with Crippen molar-refractivity contribution < 1.29 is 0 Å². The minimum absolute atomic E-state index is 0.333. The lowest BCUT2D eigenvalue weighted by atomic mass is 10.7. The highest BCUT2D eigenvalue weighted by molar-refractivity contribution is 4.59. The highest BCUT2D eigenvalue weighted by Crippen LogP contribution is 2.05. The van der Waals surface area contributed by atoms with Crippen molar-refractivity contribution in [3.63, 3.8) is 0 Å². The predicted octanol–water partition coefficient (Wildman–Crippen LogP) is 0.798. The molecule has 0 saturated carbocycles. The van der Waals surface area contributed by atoms with Gasteiger partial charge in [0.15, 0.2) is 6.17 Å². The molecule has 0 atom stereocenters. The SMILES string of the molecule is CC1N=N1. The van der Waals surface area contributed by atoms with Gasteiger partial charge in [0.25, 0.3) is 0 Å². The molecule has 0 amide bonds. The summed E-state index contributed by atoms with van der Waals surface area (Å²) in [6.45, 7) is 1.94. The zero-order chi connectivity index (χ0) is 2.99. The second-order valence-corrected chi connectivity index (χ2v) is 0.863. The van der Waals surface area contributed by atoms with Crippen LogP contribution in [-0.2, 0) is 0 Å². The van der Waals surface area contributed by atoms with Gasteiger partial charge in [-0.25, -0.2) is 0 Å². The average Bonchev–Trinajstić information content (AvgIpc) is 1.75. The summed E-state index contributed by atoms with van der Waals surface area (Å²) in [5, 5.41) is 7.06. The van der Waals surface area contributed by atoms with E-state index in [0.717, 1.165) is 0 Å². The second kappa shape index (κ2) is 0.315. The fraction of sp³-hybridized carbons (Fsp3) is 1.00. The molecule has 0 aromatic rings. The van der Waals surface area contributed by atoms with Gasteiger partial charge >= 0.3 is 0 Å². The van der Waals surface area contributed by atoms with Gasteiger partial charge in [-0.15, -0.1) is 0 Å². The zero-order valence-corrected chi connectivity index (χ0v) is 2.47. The zero-order valence-electron chi connectivity index (χ0n) is 2.47. The van der Waals surface area contributed by atoms with Gasteiger partial charge in [0.05, 0.1) is 0 Å². The van der Waals surface area contributed by atoms with Crippen LogP contribution in [-0.4, -0.2) is 6.17 Å². The standard InChI is InChI=1S/C2H4N2/c1-2-3-4-2/h2H,1H3. The molecule has 0 aliphatic carbocycles. The van der Waals surface area contributed by atoms with Crippen molar-refractivity contribution in [3.05, 3.63) is 0 Å². The van der Waals surface area contributed by atoms with Crippen LogP contribution in [0, 0.1) is 0 Å². The van der Waals surface area contributed by atoms with Crippen LogP contribution in [0.2, 0.25) is 0 Å². The molecule has 0 unspecified atom stereocenters. The largest absolute Gasteiger partial charge is 0.178 e. The fourth-order valence-electron chi connectivity index (χ4n) is 0.0667. The molecule has 4 heavy (non-hydrogen) atoms. The van der Waals surface area contributed by atoms with E-state index in [0.29, 0.717) is 6.17 Å². The molecule has 0 spiro atoms. The van der Waals surface area contributed by atoms with Gasteiger partial charge in [0.2, 0.25) is 0 Å². The molecule has 2 nitrogen and oxygen atoms in total. The Morgan fingerprint density at radius 2 is 1.75 bits per heavy atom. The third kappa shape index (κ3) is 0.0852. The Morgan fingerprint density at radius 1 is 1.50 bits per heavy atom. The maximum absolute atomic E-state index is 3.53. The Kier molecular flexibility index (Phi) is 0.148. The van der Waals surface area contributed by atoms with E-state index in [4.69, 9.17) is 0 Å². The molecule has 0 aromatic heterocycles. The van der Waals surface area contributed by atoms with Gasteiger partial charge in [-0.3, -0.25) is 0 Å². The second-order valence-electron chi connectivity index (χ2n) is 0.863. The third-order valence-corrected chi connectivity index (χ3v) is 0.346. The molecule has 0 fully saturated rings. The van der Waals surface area contributed by atoms with E-state index >= 15 is 0 Å². The molecular formula is C2H4N2. The van der Waals surface area contributed by atoms with Gasteiger partial charge in [0, 0.05) is 0 Å². The summed E-state index contributed by atoms with van der Waals surface area (Å²) < 4.78 is 0. The molecule has 0 aromatic carbocycles. The molecule has 1 heterocycles. The smallest absolute Gasteiger partial charge is 0.163 e. The number of hydrogen-bond donors (Lipinski definition) is 0. The van der Waals surface area contributed by atoms with Crippen molar-refractivity contribution >= 4 is 0 Å². The molecule has 1 aliphatic heterocycles. The van der Waals surface area contributed by atoms with Gasteiger partial charge in [-0.2, -0.15) is 10.2 Å². The lowest BCUT2D eigenvalue weighted by Crippen LogP contribution is -1.59. The Bertz CT molecular complexity index is 42.0. The lowest BCUT2D eigenvalue weighted by Gasteiger charge is -1.49. The Balaban J connectivity index is 2.32. The van der Waals surface area contributed by atoms with E-state index < -0.39 is 0 Å². The van der Waals surface area contributed by atoms with Crippen molar-refractivity contribution in [2.24, 2.45) is 10.2 Å². The summed E-state index contributed by atoms with van der Waals surface area (Å²) in [5.41, 5.74) is 0. The molecule has 0 radical (unpaired) electrons. The van der Waals surface area contributed by atoms with Crippen molar-refractivity contribution in [2.45, 2.75) is 13.1 Å². The highest BCUT2D eigenvalue weighted by atomic mass is 15.4. The first-order valence-corrected chi connectivity index (χ1v) is 1.29. The molecule has 22 valence electrons. The molecule has 1 aliphatic rings. The van der Waals surface area contributed by atoms with Crippen LogP contribution in [0.15, 0.2) is 10.2 Å².